The fourth-order valence-corrected chi connectivity index (χ4v) is 1.88. The number of hydrogen-bond acceptors (Lipinski definition) is 2. The van der Waals surface area contributed by atoms with E-state index in [1.165, 1.54) is 6.07 Å². The number of benzene rings is 1. The van der Waals surface area contributed by atoms with Crippen molar-refractivity contribution in [2.75, 3.05) is 6.54 Å². The minimum Gasteiger partial charge on any atom is -0.478 e. The van der Waals surface area contributed by atoms with Crippen LogP contribution in [0.1, 0.15) is 24.8 Å². The van der Waals surface area contributed by atoms with Crippen molar-refractivity contribution in [1.29, 1.82) is 0 Å². The maximum Gasteiger partial charge on any atom is 0.261 e. The number of halogens is 1. The zero-order valence-corrected chi connectivity index (χ0v) is 9.83. The lowest BCUT2D eigenvalue weighted by Gasteiger charge is -2.16. The fourth-order valence-electron chi connectivity index (χ4n) is 1.88. The number of carbonyl (C=O) groups is 1. The fraction of sp³-hybridized carbons (Fsp3) is 0.462. The van der Waals surface area contributed by atoms with E-state index in [4.69, 9.17) is 4.74 Å². The van der Waals surface area contributed by atoms with Crippen LogP contribution in [0.3, 0.4) is 0 Å². The predicted molar refractivity (Wildman–Crippen MR) is 62.4 cm³/mol. The summed E-state index contributed by atoms with van der Waals surface area (Å²) in [5.41, 5.74) is 0.912. The molecule has 1 heterocycles. The van der Waals surface area contributed by atoms with Crippen molar-refractivity contribution in [1.82, 2.24) is 5.32 Å². The smallest absolute Gasteiger partial charge is 0.261 e. The number of ether oxygens (including phenoxy) is 1. The molecule has 1 N–H and O–H groups in total. The topological polar surface area (TPSA) is 38.3 Å². The molecule has 4 heteroatoms. The van der Waals surface area contributed by atoms with Crippen LogP contribution in [-0.4, -0.2) is 18.6 Å². The van der Waals surface area contributed by atoms with Gasteiger partial charge in [-0.15, -0.1) is 0 Å². The third-order valence-corrected chi connectivity index (χ3v) is 2.84. The van der Waals surface area contributed by atoms with Crippen LogP contribution >= 0.6 is 0 Å². The molecule has 2 rings (SSSR count). The Morgan fingerprint density at radius 2 is 2.24 bits per heavy atom. The Hall–Kier alpha value is -1.58. The Labute approximate surface area is 100.0 Å². The van der Waals surface area contributed by atoms with Gasteiger partial charge in [0.15, 0.2) is 17.7 Å². The van der Waals surface area contributed by atoms with Gasteiger partial charge < -0.3 is 10.1 Å². The summed E-state index contributed by atoms with van der Waals surface area (Å²) < 4.78 is 19.0. The lowest BCUT2D eigenvalue weighted by Crippen LogP contribution is -2.36. The third-order valence-electron chi connectivity index (χ3n) is 2.84. The summed E-state index contributed by atoms with van der Waals surface area (Å²) in [4.78, 5) is 11.7. The Morgan fingerprint density at radius 1 is 1.41 bits per heavy atom. The first-order valence-corrected chi connectivity index (χ1v) is 5.87. The van der Waals surface area contributed by atoms with E-state index in [0.29, 0.717) is 13.0 Å². The maximum atomic E-state index is 13.5. The summed E-state index contributed by atoms with van der Waals surface area (Å²) in [6.45, 7) is 2.54. The van der Waals surface area contributed by atoms with Gasteiger partial charge in [0.2, 0.25) is 0 Å². The summed E-state index contributed by atoms with van der Waals surface area (Å²) >= 11 is 0. The number of amides is 1. The van der Waals surface area contributed by atoms with E-state index in [2.05, 4.69) is 5.32 Å². The van der Waals surface area contributed by atoms with Crippen LogP contribution in [0, 0.1) is 12.7 Å². The van der Waals surface area contributed by atoms with E-state index in [9.17, 15) is 9.18 Å². The highest BCUT2D eigenvalue weighted by Crippen LogP contribution is 2.21. The summed E-state index contributed by atoms with van der Waals surface area (Å²) in [5, 5.41) is 2.76. The van der Waals surface area contributed by atoms with Crippen molar-refractivity contribution < 1.29 is 13.9 Å². The first-order valence-electron chi connectivity index (χ1n) is 5.87. The van der Waals surface area contributed by atoms with Gasteiger partial charge in [0.1, 0.15) is 0 Å². The van der Waals surface area contributed by atoms with Gasteiger partial charge in [-0.05, 0) is 43.9 Å². The van der Waals surface area contributed by atoms with E-state index in [-0.39, 0.29) is 11.7 Å². The molecule has 0 spiro atoms. The lowest BCUT2D eigenvalue weighted by molar-refractivity contribution is -0.127. The molecular formula is C13H16FNO2. The van der Waals surface area contributed by atoms with Crippen LogP contribution in [0.2, 0.25) is 0 Å². The van der Waals surface area contributed by atoms with Gasteiger partial charge in [0, 0.05) is 6.54 Å². The van der Waals surface area contributed by atoms with Crippen molar-refractivity contribution in [3.05, 3.63) is 29.6 Å². The molecular weight excluding hydrogens is 221 g/mol. The molecule has 0 bridgehead atoms. The highest BCUT2D eigenvalue weighted by atomic mass is 19.1. The Morgan fingerprint density at radius 3 is 3.06 bits per heavy atom. The second-order valence-corrected chi connectivity index (χ2v) is 4.33. The van der Waals surface area contributed by atoms with Crippen molar-refractivity contribution in [3.63, 3.8) is 0 Å². The second kappa shape index (κ2) is 5.17. The molecule has 1 saturated heterocycles. The molecule has 1 aliphatic heterocycles. The summed E-state index contributed by atoms with van der Waals surface area (Å²) in [7, 11) is 0. The molecule has 1 atom stereocenters. The van der Waals surface area contributed by atoms with Gasteiger partial charge in [-0.3, -0.25) is 4.79 Å². The number of carbonyl (C=O) groups excluding carboxylic acids is 1. The van der Waals surface area contributed by atoms with Gasteiger partial charge in [0.05, 0.1) is 0 Å². The van der Waals surface area contributed by atoms with E-state index in [0.717, 1.165) is 18.4 Å². The van der Waals surface area contributed by atoms with Crippen LogP contribution in [0.4, 0.5) is 4.39 Å². The molecule has 0 radical (unpaired) electrons. The normalized spacial score (nSPS) is 20.6. The molecule has 0 aromatic heterocycles. The van der Waals surface area contributed by atoms with Gasteiger partial charge in [-0.1, -0.05) is 6.07 Å². The van der Waals surface area contributed by atoms with Crippen LogP contribution in [0.5, 0.6) is 5.75 Å². The average Bonchev–Trinajstić information content (AvgIpc) is 2.50. The quantitative estimate of drug-likeness (QED) is 0.856. The van der Waals surface area contributed by atoms with Gasteiger partial charge in [-0.25, -0.2) is 4.39 Å². The third kappa shape index (κ3) is 2.96. The molecule has 0 aliphatic carbocycles. The zero-order chi connectivity index (χ0) is 12.3. The average molecular weight is 237 g/mol. The molecule has 92 valence electrons. The monoisotopic (exact) mass is 237 g/mol. The molecule has 1 aromatic carbocycles. The van der Waals surface area contributed by atoms with Crippen LogP contribution in [0.15, 0.2) is 18.2 Å². The minimum atomic E-state index is -0.575. The van der Waals surface area contributed by atoms with Gasteiger partial charge >= 0.3 is 0 Å². The molecule has 1 amide bonds. The summed E-state index contributed by atoms with van der Waals surface area (Å²) in [5.74, 6) is -0.414. The van der Waals surface area contributed by atoms with Gasteiger partial charge in [0.25, 0.3) is 5.91 Å². The standard InChI is InChI=1S/C13H16FNO2/c1-9-5-6-10(14)12(8-9)17-11-4-2-3-7-15-13(11)16/h5-6,8,11H,2-4,7H2,1H3,(H,15,16). The van der Waals surface area contributed by atoms with E-state index < -0.39 is 11.9 Å². The Bertz CT molecular complexity index is 420. The number of rotatable bonds is 2. The van der Waals surface area contributed by atoms with Crippen LogP contribution < -0.4 is 10.1 Å². The number of hydrogen-bond donors (Lipinski definition) is 1. The molecule has 3 nitrogen and oxygen atoms in total. The number of nitrogens with one attached hydrogen (secondary N) is 1. The van der Waals surface area contributed by atoms with Crippen molar-refractivity contribution >= 4 is 5.91 Å². The summed E-state index contributed by atoms with van der Waals surface area (Å²) in [6.07, 6.45) is 1.92. The molecule has 17 heavy (non-hydrogen) atoms. The highest BCUT2D eigenvalue weighted by Gasteiger charge is 2.23. The van der Waals surface area contributed by atoms with E-state index >= 15 is 0 Å². The lowest BCUT2D eigenvalue weighted by atomic mass is 10.1. The van der Waals surface area contributed by atoms with E-state index in [1.807, 2.05) is 6.92 Å². The Balaban J connectivity index is 2.13. The minimum absolute atomic E-state index is 0.150. The second-order valence-electron chi connectivity index (χ2n) is 4.33. The van der Waals surface area contributed by atoms with Crippen LogP contribution in [0.25, 0.3) is 0 Å². The first-order chi connectivity index (χ1) is 8.16. The Kier molecular flexibility index (Phi) is 3.61. The van der Waals surface area contributed by atoms with E-state index in [1.54, 1.807) is 12.1 Å². The maximum absolute atomic E-state index is 13.5. The SMILES string of the molecule is Cc1ccc(F)c(OC2CCCCNC2=O)c1. The van der Waals surface area contributed by atoms with Gasteiger partial charge in [-0.2, -0.15) is 0 Å². The number of aryl methyl sites for hydroxylation is 1. The summed E-state index contributed by atoms with van der Waals surface area (Å²) in [6, 6.07) is 4.65. The highest BCUT2D eigenvalue weighted by molar-refractivity contribution is 5.81. The molecule has 1 unspecified atom stereocenters. The first kappa shape index (κ1) is 11.9. The predicted octanol–water partition coefficient (Wildman–Crippen LogP) is 2.18. The van der Waals surface area contributed by atoms with Crippen molar-refractivity contribution in [2.24, 2.45) is 0 Å². The van der Waals surface area contributed by atoms with Crippen LogP contribution in [-0.2, 0) is 4.79 Å². The molecule has 0 saturated carbocycles. The zero-order valence-electron chi connectivity index (χ0n) is 9.83. The van der Waals surface area contributed by atoms with Crippen molar-refractivity contribution in [2.45, 2.75) is 32.3 Å². The molecule has 1 aromatic rings. The largest absolute Gasteiger partial charge is 0.478 e. The molecule has 1 aliphatic rings. The molecule has 1 fully saturated rings. The van der Waals surface area contributed by atoms with Crippen molar-refractivity contribution in [3.8, 4) is 5.75 Å².